The van der Waals surface area contributed by atoms with E-state index in [2.05, 4.69) is 20.1 Å². The molecule has 2 aromatic rings. The van der Waals surface area contributed by atoms with Gasteiger partial charge in [0, 0.05) is 44.7 Å². The summed E-state index contributed by atoms with van der Waals surface area (Å²) < 4.78 is 13.4. The number of benzene rings is 1. The molecule has 0 bridgehead atoms. The van der Waals surface area contributed by atoms with E-state index in [9.17, 15) is 18.8 Å². The van der Waals surface area contributed by atoms with Crippen LogP contribution in [0, 0.1) is 5.95 Å². The molecule has 32 heavy (non-hydrogen) atoms. The highest BCUT2D eigenvalue weighted by Gasteiger charge is 2.37. The number of carbonyl (C=O) groups is 3. The number of nitrogens with zero attached hydrogens (tertiary/aromatic N) is 5. The molecule has 2 saturated heterocycles. The van der Waals surface area contributed by atoms with Gasteiger partial charge >= 0.3 is 6.03 Å². The van der Waals surface area contributed by atoms with Crippen LogP contribution in [0.3, 0.4) is 0 Å². The van der Waals surface area contributed by atoms with Crippen LogP contribution in [0.5, 0.6) is 0 Å². The number of hydrogen-bond acceptors (Lipinski definition) is 6. The van der Waals surface area contributed by atoms with Crippen molar-refractivity contribution in [3.63, 3.8) is 0 Å². The van der Waals surface area contributed by atoms with Crippen LogP contribution in [0.2, 0.25) is 0 Å². The van der Waals surface area contributed by atoms with Gasteiger partial charge in [-0.25, -0.2) is 19.8 Å². The number of halogens is 1. The molecule has 2 fully saturated rings. The average Bonchev–Trinajstić information content (AvgIpc) is 3.10. The summed E-state index contributed by atoms with van der Waals surface area (Å²) in [4.78, 5) is 44.7. The summed E-state index contributed by atoms with van der Waals surface area (Å²) in [7, 11) is 0. The molecule has 1 aromatic carbocycles. The van der Waals surface area contributed by atoms with Crippen LogP contribution in [0.25, 0.3) is 0 Å². The summed E-state index contributed by atoms with van der Waals surface area (Å²) in [6.45, 7) is 4.41. The molecule has 3 aliphatic heterocycles. The number of anilines is 1. The maximum atomic E-state index is 13.4. The topological polar surface area (TPSA) is 89.1 Å². The van der Waals surface area contributed by atoms with Gasteiger partial charge in [-0.1, -0.05) is 18.2 Å². The zero-order valence-corrected chi connectivity index (χ0v) is 17.5. The van der Waals surface area contributed by atoms with E-state index >= 15 is 0 Å². The van der Waals surface area contributed by atoms with E-state index in [0.29, 0.717) is 17.9 Å². The van der Waals surface area contributed by atoms with Gasteiger partial charge in [0.1, 0.15) is 5.82 Å². The monoisotopic (exact) mass is 438 g/mol. The second-order valence-electron chi connectivity index (χ2n) is 8.16. The molecule has 0 spiro atoms. The number of nitrogens with one attached hydrogen (secondary N) is 1. The Morgan fingerprint density at radius 3 is 2.53 bits per heavy atom. The maximum Gasteiger partial charge on any atom is 0.342 e. The number of fused-ring (bicyclic) bond motifs is 1. The molecule has 0 radical (unpaired) electrons. The van der Waals surface area contributed by atoms with Crippen LogP contribution in [-0.2, 0) is 17.9 Å². The number of piperazine rings is 1. The Hall–Kier alpha value is -3.53. The number of imide groups is 1. The Labute approximate surface area is 184 Å². The fraction of sp³-hybridized carbons (Fsp3) is 0.364. The minimum atomic E-state index is -0.562. The molecular formula is C22H23FN6O3. The molecule has 10 heteroatoms. The van der Waals surface area contributed by atoms with E-state index in [4.69, 9.17) is 0 Å². The van der Waals surface area contributed by atoms with Crippen LogP contribution in [0.4, 0.5) is 15.0 Å². The summed E-state index contributed by atoms with van der Waals surface area (Å²) in [5, 5.41) is 4.97. The van der Waals surface area contributed by atoms with E-state index in [1.54, 1.807) is 6.07 Å². The minimum absolute atomic E-state index is 0.175. The Balaban J connectivity index is 1.21. The van der Waals surface area contributed by atoms with Crippen molar-refractivity contribution in [1.82, 2.24) is 25.2 Å². The molecule has 5 rings (SSSR count). The van der Waals surface area contributed by atoms with Gasteiger partial charge in [0.2, 0.25) is 11.9 Å². The molecule has 4 amide bonds. The van der Waals surface area contributed by atoms with Gasteiger partial charge < -0.3 is 4.90 Å². The van der Waals surface area contributed by atoms with E-state index in [1.165, 1.54) is 16.1 Å². The lowest BCUT2D eigenvalue weighted by Gasteiger charge is -2.35. The van der Waals surface area contributed by atoms with E-state index in [0.717, 1.165) is 43.9 Å². The molecule has 1 N–H and O–H groups in total. The third-order valence-corrected chi connectivity index (χ3v) is 6.08. The Kier molecular flexibility index (Phi) is 5.22. The molecule has 1 aromatic heterocycles. The third kappa shape index (κ3) is 3.89. The minimum Gasteiger partial charge on any atom is -0.354 e. The van der Waals surface area contributed by atoms with Crippen LogP contribution in [0.15, 0.2) is 36.4 Å². The van der Waals surface area contributed by atoms with Gasteiger partial charge in [-0.2, -0.15) is 4.39 Å². The first-order valence-electron chi connectivity index (χ1n) is 10.6. The Morgan fingerprint density at radius 1 is 0.969 bits per heavy atom. The zero-order chi connectivity index (χ0) is 22.2. The zero-order valence-electron chi connectivity index (χ0n) is 17.5. The van der Waals surface area contributed by atoms with E-state index < -0.39 is 12.0 Å². The second kappa shape index (κ2) is 8.19. The smallest absolute Gasteiger partial charge is 0.342 e. The standard InChI is InChI=1S/C22H23FN6O3/c23-18-2-1-3-19(24-18)27-10-8-26(9-11-27)13-15-4-5-17-16(12-15)14-29(21(17)31)28-7-6-20(30)25-22(28)32/h1-5,12H,6-11,13-14H2,(H,25,30,32). The molecule has 9 nitrogen and oxygen atoms in total. The van der Waals surface area contributed by atoms with E-state index in [-0.39, 0.29) is 24.8 Å². The molecule has 3 aliphatic rings. The largest absolute Gasteiger partial charge is 0.354 e. The molecule has 0 saturated carbocycles. The number of amides is 4. The molecule has 0 unspecified atom stereocenters. The quantitative estimate of drug-likeness (QED) is 0.726. The summed E-state index contributed by atoms with van der Waals surface area (Å²) in [5.41, 5.74) is 2.55. The van der Waals surface area contributed by atoms with Crippen molar-refractivity contribution in [3.05, 3.63) is 59.0 Å². The summed E-state index contributed by atoms with van der Waals surface area (Å²) in [5.74, 6) is -0.372. The lowest BCUT2D eigenvalue weighted by molar-refractivity contribution is -0.123. The molecule has 0 atom stereocenters. The third-order valence-electron chi connectivity index (χ3n) is 6.08. The molecule has 4 heterocycles. The van der Waals surface area contributed by atoms with Crippen LogP contribution < -0.4 is 10.2 Å². The normalized spacial score (nSPS) is 19.4. The van der Waals surface area contributed by atoms with Crippen LogP contribution in [-0.4, -0.2) is 70.5 Å². The Bertz CT molecular complexity index is 1090. The van der Waals surface area contributed by atoms with Crippen molar-refractivity contribution in [2.24, 2.45) is 0 Å². The van der Waals surface area contributed by atoms with Gasteiger partial charge in [-0.05, 0) is 29.3 Å². The van der Waals surface area contributed by atoms with Gasteiger partial charge in [0.25, 0.3) is 5.91 Å². The number of urea groups is 1. The summed E-state index contributed by atoms with van der Waals surface area (Å²) in [6, 6.07) is 10.0. The number of rotatable bonds is 4. The second-order valence-corrected chi connectivity index (χ2v) is 8.16. The number of pyridine rings is 1. The average molecular weight is 438 g/mol. The van der Waals surface area contributed by atoms with Gasteiger partial charge in [-0.15, -0.1) is 0 Å². The number of carbonyl (C=O) groups excluding carboxylic acids is 3. The van der Waals surface area contributed by atoms with Crippen molar-refractivity contribution in [3.8, 4) is 0 Å². The van der Waals surface area contributed by atoms with Crippen molar-refractivity contribution >= 4 is 23.7 Å². The highest BCUT2D eigenvalue weighted by atomic mass is 19.1. The SMILES string of the molecule is O=C1CCN(N2Cc3cc(CN4CCN(c5cccc(F)n5)CC4)ccc3C2=O)C(=O)N1. The van der Waals surface area contributed by atoms with Crippen molar-refractivity contribution in [1.29, 1.82) is 0 Å². The Morgan fingerprint density at radius 2 is 1.78 bits per heavy atom. The van der Waals surface area contributed by atoms with E-state index in [1.807, 2.05) is 24.3 Å². The van der Waals surface area contributed by atoms with Crippen LogP contribution in [0.1, 0.15) is 27.9 Å². The number of hydrazine groups is 1. The first-order chi connectivity index (χ1) is 15.5. The molecule has 0 aliphatic carbocycles. The number of aromatic nitrogens is 1. The van der Waals surface area contributed by atoms with Gasteiger partial charge in [0.05, 0.1) is 13.1 Å². The predicted octanol–water partition coefficient (Wildman–Crippen LogP) is 1.36. The lowest BCUT2D eigenvalue weighted by atomic mass is 10.1. The lowest BCUT2D eigenvalue weighted by Crippen LogP contribution is -2.56. The summed E-state index contributed by atoms with van der Waals surface area (Å²) in [6.07, 6.45) is 0.175. The molecule has 166 valence electrons. The van der Waals surface area contributed by atoms with Gasteiger partial charge in [0.15, 0.2) is 0 Å². The van der Waals surface area contributed by atoms with Gasteiger partial charge in [-0.3, -0.25) is 19.8 Å². The maximum absolute atomic E-state index is 13.4. The van der Waals surface area contributed by atoms with Crippen molar-refractivity contribution < 1.29 is 18.8 Å². The highest BCUT2D eigenvalue weighted by Crippen LogP contribution is 2.27. The fourth-order valence-electron chi connectivity index (χ4n) is 4.40. The fourth-order valence-corrected chi connectivity index (χ4v) is 4.40. The van der Waals surface area contributed by atoms with Crippen LogP contribution >= 0.6 is 0 Å². The first-order valence-corrected chi connectivity index (χ1v) is 10.6. The number of hydrogen-bond donors (Lipinski definition) is 1. The summed E-state index contributed by atoms with van der Waals surface area (Å²) >= 11 is 0. The van der Waals surface area contributed by atoms with Crippen molar-refractivity contribution in [2.75, 3.05) is 37.6 Å². The molecular weight excluding hydrogens is 415 g/mol. The van der Waals surface area contributed by atoms with Crippen molar-refractivity contribution in [2.45, 2.75) is 19.5 Å². The first kappa shape index (κ1) is 20.4. The highest BCUT2D eigenvalue weighted by molar-refractivity contribution is 6.01. The predicted molar refractivity (Wildman–Crippen MR) is 113 cm³/mol.